The van der Waals surface area contributed by atoms with E-state index < -0.39 is 0 Å². The van der Waals surface area contributed by atoms with E-state index in [0.29, 0.717) is 6.54 Å². The number of anilines is 1. The zero-order valence-electron chi connectivity index (χ0n) is 18.9. The Kier molecular flexibility index (Phi) is 8.96. The third-order valence-corrected chi connectivity index (χ3v) is 5.75. The highest BCUT2D eigenvalue weighted by atomic mass is 127. The van der Waals surface area contributed by atoms with Crippen LogP contribution in [0.1, 0.15) is 42.5 Å². The van der Waals surface area contributed by atoms with E-state index in [1.807, 2.05) is 24.0 Å². The van der Waals surface area contributed by atoms with Crippen LogP contribution in [0.25, 0.3) is 0 Å². The lowest BCUT2D eigenvalue weighted by atomic mass is 10.1. The van der Waals surface area contributed by atoms with Crippen molar-refractivity contribution in [3.8, 4) is 0 Å². The van der Waals surface area contributed by atoms with Gasteiger partial charge in [-0.25, -0.2) is 0 Å². The molecule has 1 fully saturated rings. The molecule has 1 aromatic heterocycles. The van der Waals surface area contributed by atoms with Gasteiger partial charge in [0.1, 0.15) is 0 Å². The zero-order valence-corrected chi connectivity index (χ0v) is 21.2. The first-order valence-corrected chi connectivity index (χ1v) is 11.1. The van der Waals surface area contributed by atoms with E-state index >= 15 is 0 Å². The second-order valence-electron chi connectivity index (χ2n) is 8.11. The number of halogens is 1. The topological polar surface area (TPSA) is 57.5 Å². The number of hydrogen-bond donors (Lipinski definition) is 2. The number of guanidine groups is 1. The molecule has 1 aliphatic rings. The molecule has 0 amide bonds. The Morgan fingerprint density at radius 1 is 1.06 bits per heavy atom. The summed E-state index contributed by atoms with van der Waals surface area (Å²) in [5.74, 6) is 0.787. The molecule has 6 nitrogen and oxygen atoms in total. The standard InChI is InChI=1S/C25H32N6.HI/c1-20(23-11-8-12-24(15-23)30-13-6-7-14-30)29-25(26-2)27-16-22-17-28-31(19-22)18-21-9-4-3-5-10-21;/h3-5,8-12,15,17,19-20H,6-7,13-14,16,18H2,1-2H3,(H2,26,27,29);1H. The molecule has 2 heterocycles. The van der Waals surface area contributed by atoms with Gasteiger partial charge in [0.15, 0.2) is 5.96 Å². The Morgan fingerprint density at radius 2 is 1.84 bits per heavy atom. The SMILES string of the molecule is CN=C(NCc1cnn(Cc2ccccc2)c1)NC(C)c1cccc(N2CCCC2)c1.I. The summed E-state index contributed by atoms with van der Waals surface area (Å²) in [7, 11) is 1.81. The van der Waals surface area contributed by atoms with Crippen molar-refractivity contribution in [2.45, 2.75) is 38.9 Å². The number of rotatable bonds is 7. The lowest BCUT2D eigenvalue weighted by molar-refractivity contribution is 0.680. The van der Waals surface area contributed by atoms with Crippen LogP contribution in [-0.4, -0.2) is 35.9 Å². The van der Waals surface area contributed by atoms with Crippen molar-refractivity contribution in [3.05, 3.63) is 83.7 Å². The molecular weight excluding hydrogens is 511 g/mol. The van der Waals surface area contributed by atoms with Crippen LogP contribution in [0.5, 0.6) is 0 Å². The Morgan fingerprint density at radius 3 is 2.59 bits per heavy atom. The van der Waals surface area contributed by atoms with Crippen LogP contribution < -0.4 is 15.5 Å². The van der Waals surface area contributed by atoms with Crippen LogP contribution in [0.15, 0.2) is 72.0 Å². The van der Waals surface area contributed by atoms with Gasteiger partial charge < -0.3 is 15.5 Å². The van der Waals surface area contributed by atoms with E-state index in [-0.39, 0.29) is 30.0 Å². The Labute approximate surface area is 208 Å². The quantitative estimate of drug-likeness (QED) is 0.260. The number of hydrogen-bond acceptors (Lipinski definition) is 3. The maximum Gasteiger partial charge on any atom is 0.191 e. The summed E-state index contributed by atoms with van der Waals surface area (Å²) in [4.78, 5) is 6.87. The molecule has 0 bridgehead atoms. The second-order valence-corrected chi connectivity index (χ2v) is 8.11. The van der Waals surface area contributed by atoms with Crippen molar-refractivity contribution in [2.75, 3.05) is 25.0 Å². The summed E-state index contributed by atoms with van der Waals surface area (Å²) in [5, 5.41) is 11.4. The van der Waals surface area contributed by atoms with E-state index in [0.717, 1.165) is 31.2 Å². The molecule has 2 aromatic carbocycles. The third-order valence-electron chi connectivity index (χ3n) is 5.75. The van der Waals surface area contributed by atoms with E-state index in [1.54, 1.807) is 0 Å². The predicted molar refractivity (Wildman–Crippen MR) is 143 cm³/mol. The van der Waals surface area contributed by atoms with Crippen LogP contribution in [-0.2, 0) is 13.1 Å². The number of nitrogens with zero attached hydrogens (tertiary/aromatic N) is 4. The van der Waals surface area contributed by atoms with Gasteiger partial charge in [0.2, 0.25) is 0 Å². The van der Waals surface area contributed by atoms with Crippen LogP contribution >= 0.6 is 24.0 Å². The van der Waals surface area contributed by atoms with Crippen molar-refractivity contribution >= 4 is 35.6 Å². The van der Waals surface area contributed by atoms with Gasteiger partial charge in [-0.3, -0.25) is 9.67 Å². The van der Waals surface area contributed by atoms with Gasteiger partial charge >= 0.3 is 0 Å². The molecule has 0 aliphatic carbocycles. The molecule has 4 rings (SSSR count). The van der Waals surface area contributed by atoms with E-state index in [4.69, 9.17) is 0 Å². The average molecular weight is 544 g/mol. The highest BCUT2D eigenvalue weighted by Gasteiger charge is 2.14. The zero-order chi connectivity index (χ0) is 21.5. The molecule has 0 radical (unpaired) electrons. The Hall–Kier alpha value is -2.55. The van der Waals surface area contributed by atoms with Crippen molar-refractivity contribution in [2.24, 2.45) is 4.99 Å². The summed E-state index contributed by atoms with van der Waals surface area (Å²) in [5.41, 5.74) is 4.95. The molecule has 170 valence electrons. The minimum atomic E-state index is 0. The molecule has 0 saturated carbocycles. The van der Waals surface area contributed by atoms with Crippen molar-refractivity contribution in [1.82, 2.24) is 20.4 Å². The first-order valence-electron chi connectivity index (χ1n) is 11.1. The van der Waals surface area contributed by atoms with Crippen molar-refractivity contribution in [3.63, 3.8) is 0 Å². The Bertz CT molecular complexity index is 994. The van der Waals surface area contributed by atoms with Crippen LogP contribution in [0.3, 0.4) is 0 Å². The molecule has 1 saturated heterocycles. The molecule has 32 heavy (non-hydrogen) atoms. The number of nitrogens with one attached hydrogen (secondary N) is 2. The molecule has 0 spiro atoms. The maximum absolute atomic E-state index is 4.48. The summed E-state index contributed by atoms with van der Waals surface area (Å²) in [6.07, 6.45) is 6.56. The average Bonchev–Trinajstić information content (AvgIpc) is 3.50. The Balaban J connectivity index is 0.00000289. The van der Waals surface area contributed by atoms with Crippen LogP contribution in [0, 0.1) is 0 Å². The minimum Gasteiger partial charge on any atom is -0.372 e. The summed E-state index contributed by atoms with van der Waals surface area (Å²) in [6, 6.07) is 19.4. The monoisotopic (exact) mass is 544 g/mol. The van der Waals surface area contributed by atoms with Crippen molar-refractivity contribution in [1.29, 1.82) is 0 Å². The first-order chi connectivity index (χ1) is 15.2. The fourth-order valence-corrected chi connectivity index (χ4v) is 3.99. The van der Waals surface area contributed by atoms with Gasteiger partial charge in [0.25, 0.3) is 0 Å². The van der Waals surface area contributed by atoms with Gasteiger partial charge in [0.05, 0.1) is 18.8 Å². The normalized spacial score (nSPS) is 14.7. The van der Waals surface area contributed by atoms with Gasteiger partial charge in [0, 0.05) is 44.1 Å². The van der Waals surface area contributed by atoms with E-state index in [2.05, 4.69) is 87.3 Å². The van der Waals surface area contributed by atoms with Gasteiger partial charge in [-0.15, -0.1) is 24.0 Å². The molecule has 1 unspecified atom stereocenters. The molecule has 2 N–H and O–H groups in total. The minimum absolute atomic E-state index is 0. The summed E-state index contributed by atoms with van der Waals surface area (Å²) in [6.45, 7) is 5.94. The third kappa shape index (κ3) is 6.48. The molecule has 3 aromatic rings. The lowest BCUT2D eigenvalue weighted by Crippen LogP contribution is -2.38. The van der Waals surface area contributed by atoms with E-state index in [9.17, 15) is 0 Å². The van der Waals surface area contributed by atoms with Crippen LogP contribution in [0.2, 0.25) is 0 Å². The molecule has 1 atom stereocenters. The maximum atomic E-state index is 4.48. The van der Waals surface area contributed by atoms with Gasteiger partial charge in [-0.2, -0.15) is 5.10 Å². The molecule has 7 heteroatoms. The second kappa shape index (κ2) is 11.9. The first kappa shape index (κ1) is 24.1. The smallest absolute Gasteiger partial charge is 0.191 e. The molecule has 1 aliphatic heterocycles. The fraction of sp³-hybridized carbons (Fsp3) is 0.360. The highest BCUT2D eigenvalue weighted by Crippen LogP contribution is 2.23. The van der Waals surface area contributed by atoms with Gasteiger partial charge in [-0.1, -0.05) is 42.5 Å². The summed E-state index contributed by atoms with van der Waals surface area (Å²) < 4.78 is 1.97. The van der Waals surface area contributed by atoms with E-state index in [1.165, 1.54) is 29.7 Å². The van der Waals surface area contributed by atoms with Gasteiger partial charge in [-0.05, 0) is 43.0 Å². The van der Waals surface area contributed by atoms with Crippen LogP contribution in [0.4, 0.5) is 5.69 Å². The molecular formula is C25H33IN6. The fourth-order valence-electron chi connectivity index (χ4n) is 3.99. The lowest BCUT2D eigenvalue weighted by Gasteiger charge is -2.22. The number of benzene rings is 2. The highest BCUT2D eigenvalue weighted by molar-refractivity contribution is 14.0. The van der Waals surface area contributed by atoms with Crippen molar-refractivity contribution < 1.29 is 0 Å². The predicted octanol–water partition coefficient (Wildman–Crippen LogP) is 4.58. The number of aromatic nitrogens is 2. The summed E-state index contributed by atoms with van der Waals surface area (Å²) >= 11 is 0. The largest absolute Gasteiger partial charge is 0.372 e. The number of aliphatic imine (C=N–C) groups is 1.